The molecule has 1 saturated heterocycles. The largest absolute Gasteiger partial charge is 0.350 e. The molecular formula is C12H26NO3P. The van der Waals surface area contributed by atoms with Crippen molar-refractivity contribution in [2.45, 2.75) is 58.8 Å². The van der Waals surface area contributed by atoms with Gasteiger partial charge in [-0.3, -0.25) is 9.88 Å². The predicted molar refractivity (Wildman–Crippen MR) is 70.3 cm³/mol. The molecule has 0 saturated carbocycles. The zero-order valence-electron chi connectivity index (χ0n) is 11.7. The summed E-state index contributed by atoms with van der Waals surface area (Å²) >= 11 is 0. The highest BCUT2D eigenvalue weighted by Crippen LogP contribution is 2.62. The maximum absolute atomic E-state index is 12.8. The van der Waals surface area contributed by atoms with Crippen molar-refractivity contribution in [2.75, 3.05) is 13.2 Å². The molecule has 0 aliphatic carbocycles. The summed E-state index contributed by atoms with van der Waals surface area (Å²) in [5.74, 6) is 0.536. The van der Waals surface area contributed by atoms with E-state index in [0.717, 1.165) is 12.8 Å². The summed E-state index contributed by atoms with van der Waals surface area (Å²) in [5.41, 5.74) is 0. The van der Waals surface area contributed by atoms with Crippen molar-refractivity contribution in [3.63, 3.8) is 0 Å². The SMILES string of the molecule is CCOP(=O)(OCC)[C@]1(C)CC[C@H](C(C)C)N1. The van der Waals surface area contributed by atoms with Gasteiger partial charge in [-0.1, -0.05) is 13.8 Å². The van der Waals surface area contributed by atoms with Crippen LogP contribution >= 0.6 is 7.60 Å². The van der Waals surface area contributed by atoms with E-state index >= 15 is 0 Å². The summed E-state index contributed by atoms with van der Waals surface area (Å²) in [5, 5.41) is 2.93. The van der Waals surface area contributed by atoms with E-state index in [1.807, 2.05) is 20.8 Å². The van der Waals surface area contributed by atoms with Gasteiger partial charge in [0, 0.05) is 6.04 Å². The maximum atomic E-state index is 12.8. The molecule has 1 heterocycles. The highest BCUT2D eigenvalue weighted by atomic mass is 31.2. The molecule has 0 spiro atoms. The van der Waals surface area contributed by atoms with Crippen molar-refractivity contribution < 1.29 is 13.6 Å². The predicted octanol–water partition coefficient (Wildman–Crippen LogP) is 3.38. The average Bonchev–Trinajstić information content (AvgIpc) is 2.63. The summed E-state index contributed by atoms with van der Waals surface area (Å²) in [6.45, 7) is 10.8. The van der Waals surface area contributed by atoms with Crippen LogP contribution in [0.2, 0.25) is 0 Å². The second-order valence-corrected chi connectivity index (χ2v) is 7.64. The molecular weight excluding hydrogens is 237 g/mol. The third-order valence-corrected chi connectivity index (χ3v) is 6.20. The van der Waals surface area contributed by atoms with Crippen LogP contribution in [0.3, 0.4) is 0 Å². The minimum atomic E-state index is -3.07. The molecule has 1 N–H and O–H groups in total. The normalized spacial score (nSPS) is 30.1. The molecule has 1 fully saturated rings. The van der Waals surface area contributed by atoms with Gasteiger partial charge in [0.25, 0.3) is 0 Å². The van der Waals surface area contributed by atoms with Gasteiger partial charge in [0.05, 0.1) is 13.2 Å². The van der Waals surface area contributed by atoms with Crippen LogP contribution < -0.4 is 5.32 Å². The maximum Gasteiger partial charge on any atom is 0.350 e. The Bertz CT molecular complexity index is 285. The topological polar surface area (TPSA) is 47.6 Å². The minimum Gasteiger partial charge on any atom is -0.308 e. The number of nitrogens with one attached hydrogen (secondary N) is 1. The lowest BCUT2D eigenvalue weighted by Gasteiger charge is -2.33. The lowest BCUT2D eigenvalue weighted by atomic mass is 10.0. The van der Waals surface area contributed by atoms with Gasteiger partial charge in [0.2, 0.25) is 0 Å². The van der Waals surface area contributed by atoms with E-state index in [0.29, 0.717) is 25.2 Å². The fourth-order valence-corrected chi connectivity index (χ4v) is 4.41. The van der Waals surface area contributed by atoms with Crippen molar-refractivity contribution in [1.82, 2.24) is 5.32 Å². The van der Waals surface area contributed by atoms with E-state index < -0.39 is 12.9 Å². The zero-order valence-corrected chi connectivity index (χ0v) is 12.5. The first-order valence-electron chi connectivity index (χ1n) is 6.55. The quantitative estimate of drug-likeness (QED) is 0.746. The molecule has 4 nitrogen and oxygen atoms in total. The molecule has 0 amide bonds. The standard InChI is InChI=1S/C12H26NO3P/c1-6-15-17(14,16-7-2)12(5)9-8-11(13-12)10(3)4/h10-11,13H,6-9H2,1-5H3/t11-,12-/m1/s1. The van der Waals surface area contributed by atoms with Crippen LogP contribution in [-0.2, 0) is 13.6 Å². The van der Waals surface area contributed by atoms with Crippen molar-refractivity contribution in [1.29, 1.82) is 0 Å². The highest BCUT2D eigenvalue weighted by Gasteiger charge is 2.51. The fourth-order valence-electron chi connectivity index (χ4n) is 2.36. The molecule has 0 aromatic rings. The summed E-state index contributed by atoms with van der Waals surface area (Å²) in [4.78, 5) is 0. The molecule has 0 aromatic carbocycles. The van der Waals surface area contributed by atoms with Gasteiger partial charge in [0.15, 0.2) is 0 Å². The summed E-state index contributed by atoms with van der Waals surface area (Å²) in [7, 11) is -3.07. The lowest BCUT2D eigenvalue weighted by molar-refractivity contribution is 0.191. The van der Waals surface area contributed by atoms with Crippen LogP contribution in [0.15, 0.2) is 0 Å². The Hall–Kier alpha value is 0.110. The molecule has 102 valence electrons. The van der Waals surface area contributed by atoms with Crippen LogP contribution in [0.25, 0.3) is 0 Å². The first-order valence-corrected chi connectivity index (χ1v) is 8.09. The van der Waals surface area contributed by atoms with Gasteiger partial charge >= 0.3 is 7.60 Å². The summed E-state index contributed by atoms with van der Waals surface area (Å²) in [6.07, 6.45) is 1.87. The van der Waals surface area contributed by atoms with Crippen LogP contribution in [0.5, 0.6) is 0 Å². The smallest absolute Gasteiger partial charge is 0.308 e. The van der Waals surface area contributed by atoms with Gasteiger partial charge in [-0.15, -0.1) is 0 Å². The van der Waals surface area contributed by atoms with Crippen LogP contribution in [-0.4, -0.2) is 24.5 Å². The van der Waals surface area contributed by atoms with E-state index in [4.69, 9.17) is 9.05 Å². The average molecular weight is 263 g/mol. The Morgan fingerprint density at radius 2 is 1.88 bits per heavy atom. The Morgan fingerprint density at radius 3 is 2.24 bits per heavy atom. The third-order valence-electron chi connectivity index (χ3n) is 3.45. The lowest BCUT2D eigenvalue weighted by Crippen LogP contribution is -2.43. The summed E-state index contributed by atoms with van der Waals surface area (Å²) < 4.78 is 23.7. The molecule has 0 aromatic heterocycles. The fraction of sp³-hybridized carbons (Fsp3) is 1.00. The van der Waals surface area contributed by atoms with Gasteiger partial charge in [-0.2, -0.15) is 0 Å². The molecule has 1 aliphatic rings. The molecule has 17 heavy (non-hydrogen) atoms. The number of rotatable bonds is 6. The van der Waals surface area contributed by atoms with Gasteiger partial charge < -0.3 is 9.05 Å². The third kappa shape index (κ3) is 3.11. The molecule has 1 aliphatic heterocycles. The van der Waals surface area contributed by atoms with E-state index in [2.05, 4.69) is 19.2 Å². The Morgan fingerprint density at radius 1 is 1.35 bits per heavy atom. The second kappa shape index (κ2) is 5.83. The number of hydrogen-bond acceptors (Lipinski definition) is 4. The molecule has 0 unspecified atom stereocenters. The Kier molecular flexibility index (Phi) is 5.21. The van der Waals surface area contributed by atoms with Gasteiger partial charge in [-0.25, -0.2) is 0 Å². The molecule has 5 heteroatoms. The van der Waals surface area contributed by atoms with Gasteiger partial charge in [-0.05, 0) is 39.5 Å². The summed E-state index contributed by atoms with van der Waals surface area (Å²) in [6, 6.07) is 0.397. The Balaban J connectivity index is 2.84. The van der Waals surface area contributed by atoms with Crippen LogP contribution in [0.4, 0.5) is 0 Å². The minimum absolute atomic E-state index is 0.397. The van der Waals surface area contributed by atoms with Crippen LogP contribution in [0.1, 0.15) is 47.5 Å². The van der Waals surface area contributed by atoms with Crippen LogP contribution in [0, 0.1) is 5.92 Å². The van der Waals surface area contributed by atoms with Gasteiger partial charge in [0.1, 0.15) is 5.28 Å². The van der Waals surface area contributed by atoms with E-state index in [1.165, 1.54) is 0 Å². The Labute approximate surface area is 105 Å². The van der Waals surface area contributed by atoms with Crippen molar-refractivity contribution in [2.24, 2.45) is 5.92 Å². The first kappa shape index (κ1) is 15.2. The molecule has 1 rings (SSSR count). The van der Waals surface area contributed by atoms with Crippen molar-refractivity contribution in [3.8, 4) is 0 Å². The van der Waals surface area contributed by atoms with Crippen molar-refractivity contribution in [3.05, 3.63) is 0 Å². The molecule has 0 bridgehead atoms. The van der Waals surface area contributed by atoms with E-state index in [-0.39, 0.29) is 0 Å². The van der Waals surface area contributed by atoms with E-state index in [9.17, 15) is 4.57 Å². The second-order valence-electron chi connectivity index (χ2n) is 5.14. The van der Waals surface area contributed by atoms with E-state index in [1.54, 1.807) is 0 Å². The first-order chi connectivity index (χ1) is 7.88. The van der Waals surface area contributed by atoms with Crippen molar-refractivity contribution >= 4 is 7.60 Å². The molecule has 0 radical (unpaired) electrons. The highest BCUT2D eigenvalue weighted by molar-refractivity contribution is 7.55. The number of hydrogen-bond donors (Lipinski definition) is 1. The monoisotopic (exact) mass is 263 g/mol. The molecule has 2 atom stereocenters. The zero-order chi connectivity index (χ0) is 13.1.